The Bertz CT molecular complexity index is 433. The highest BCUT2D eigenvalue weighted by atomic mass is 15.1. The number of aromatic nitrogens is 2. The molecule has 1 aliphatic carbocycles. The summed E-state index contributed by atoms with van der Waals surface area (Å²) >= 11 is 0. The third-order valence-corrected chi connectivity index (χ3v) is 3.84. The smallest absolute Gasteiger partial charge is 0.138 e. The van der Waals surface area contributed by atoms with Crippen LogP contribution in [0.25, 0.3) is 0 Å². The molecule has 0 radical (unpaired) electrons. The minimum absolute atomic E-state index is 0.0319. The van der Waals surface area contributed by atoms with Crippen molar-refractivity contribution in [3.05, 3.63) is 11.9 Å². The Morgan fingerprint density at radius 3 is 2.30 bits per heavy atom. The van der Waals surface area contributed by atoms with Crippen molar-refractivity contribution in [1.29, 1.82) is 0 Å². The first-order valence-corrected chi connectivity index (χ1v) is 7.86. The molecule has 1 saturated carbocycles. The maximum Gasteiger partial charge on any atom is 0.138 e. The maximum atomic E-state index is 4.67. The predicted molar refractivity (Wildman–Crippen MR) is 85.3 cm³/mol. The van der Waals surface area contributed by atoms with Crippen LogP contribution in [0, 0.1) is 5.92 Å². The van der Waals surface area contributed by atoms with Gasteiger partial charge in [0.2, 0.25) is 0 Å². The quantitative estimate of drug-likeness (QED) is 0.829. The molecule has 0 aromatic carbocycles. The summed E-state index contributed by atoms with van der Waals surface area (Å²) in [4.78, 5) is 9.27. The SMILES string of the molecule is CCNc1cc(NCCC2CCC2)nc(C(C)(C)C)n1. The Hall–Kier alpha value is -1.32. The van der Waals surface area contributed by atoms with Crippen LogP contribution in [0.3, 0.4) is 0 Å². The molecule has 1 fully saturated rings. The van der Waals surface area contributed by atoms with Crippen molar-refractivity contribution in [1.82, 2.24) is 9.97 Å². The molecule has 1 heterocycles. The van der Waals surface area contributed by atoms with E-state index in [4.69, 9.17) is 0 Å². The fraction of sp³-hybridized carbons (Fsp3) is 0.750. The molecule has 4 heteroatoms. The summed E-state index contributed by atoms with van der Waals surface area (Å²) in [6, 6.07) is 2.01. The minimum Gasteiger partial charge on any atom is -0.370 e. The Labute approximate surface area is 122 Å². The molecule has 0 unspecified atom stereocenters. The average Bonchev–Trinajstić information content (AvgIpc) is 2.31. The molecule has 1 aromatic heterocycles. The van der Waals surface area contributed by atoms with Crippen molar-refractivity contribution in [3.8, 4) is 0 Å². The number of hydrogen-bond donors (Lipinski definition) is 2. The van der Waals surface area contributed by atoms with E-state index in [-0.39, 0.29) is 5.41 Å². The fourth-order valence-corrected chi connectivity index (χ4v) is 2.33. The largest absolute Gasteiger partial charge is 0.370 e. The molecule has 2 N–H and O–H groups in total. The van der Waals surface area contributed by atoms with E-state index in [1.807, 2.05) is 6.07 Å². The lowest BCUT2D eigenvalue weighted by Gasteiger charge is -2.25. The van der Waals surface area contributed by atoms with E-state index in [1.54, 1.807) is 0 Å². The first kappa shape index (κ1) is 15.1. The maximum absolute atomic E-state index is 4.67. The predicted octanol–water partition coefficient (Wildman–Crippen LogP) is 3.81. The highest BCUT2D eigenvalue weighted by Gasteiger charge is 2.20. The van der Waals surface area contributed by atoms with Gasteiger partial charge in [0, 0.05) is 24.6 Å². The molecule has 0 atom stereocenters. The summed E-state index contributed by atoms with van der Waals surface area (Å²) in [7, 11) is 0. The standard InChI is InChI=1S/C16H28N4/c1-5-17-13-11-14(18-10-9-12-7-6-8-12)20-15(19-13)16(2,3)4/h11-12H,5-10H2,1-4H3,(H2,17,18,19,20). The molecule has 1 aromatic rings. The van der Waals surface area contributed by atoms with Crippen LogP contribution < -0.4 is 10.6 Å². The van der Waals surface area contributed by atoms with Gasteiger partial charge in [-0.15, -0.1) is 0 Å². The van der Waals surface area contributed by atoms with Gasteiger partial charge in [0.05, 0.1) is 0 Å². The van der Waals surface area contributed by atoms with Gasteiger partial charge >= 0.3 is 0 Å². The van der Waals surface area contributed by atoms with Crippen molar-refractivity contribution >= 4 is 11.6 Å². The van der Waals surface area contributed by atoms with Gasteiger partial charge in [-0.2, -0.15) is 0 Å². The summed E-state index contributed by atoms with van der Waals surface area (Å²) in [5.41, 5.74) is -0.0319. The molecule has 0 aliphatic heterocycles. The second-order valence-electron chi connectivity index (χ2n) is 6.75. The molecule has 0 saturated heterocycles. The molecule has 4 nitrogen and oxygen atoms in total. The Morgan fingerprint density at radius 2 is 1.80 bits per heavy atom. The lowest BCUT2D eigenvalue weighted by molar-refractivity contribution is 0.303. The van der Waals surface area contributed by atoms with Crippen LogP contribution in [0.5, 0.6) is 0 Å². The minimum atomic E-state index is -0.0319. The summed E-state index contributed by atoms with van der Waals surface area (Å²) < 4.78 is 0. The molecular formula is C16H28N4. The number of nitrogens with zero attached hydrogens (tertiary/aromatic N) is 2. The lowest BCUT2D eigenvalue weighted by Crippen LogP contribution is -2.20. The topological polar surface area (TPSA) is 49.8 Å². The first-order valence-electron chi connectivity index (χ1n) is 7.86. The number of hydrogen-bond acceptors (Lipinski definition) is 4. The van der Waals surface area contributed by atoms with E-state index < -0.39 is 0 Å². The second-order valence-corrected chi connectivity index (χ2v) is 6.75. The van der Waals surface area contributed by atoms with Crippen LogP contribution in [0.15, 0.2) is 6.07 Å². The zero-order chi connectivity index (χ0) is 14.6. The van der Waals surface area contributed by atoms with E-state index in [0.29, 0.717) is 0 Å². The van der Waals surface area contributed by atoms with Crippen LogP contribution in [0.4, 0.5) is 11.6 Å². The molecule has 0 spiro atoms. The normalized spacial score (nSPS) is 15.8. The third-order valence-electron chi connectivity index (χ3n) is 3.84. The van der Waals surface area contributed by atoms with Gasteiger partial charge in [-0.3, -0.25) is 0 Å². The van der Waals surface area contributed by atoms with Crippen molar-refractivity contribution in [2.45, 2.75) is 58.8 Å². The van der Waals surface area contributed by atoms with Crippen molar-refractivity contribution in [2.75, 3.05) is 23.7 Å². The Balaban J connectivity index is 2.03. The molecular weight excluding hydrogens is 248 g/mol. The third kappa shape index (κ3) is 4.09. The van der Waals surface area contributed by atoms with Crippen LogP contribution in [0.2, 0.25) is 0 Å². The second kappa shape index (κ2) is 6.42. The molecule has 112 valence electrons. The van der Waals surface area contributed by atoms with Crippen LogP contribution in [0.1, 0.15) is 59.2 Å². The monoisotopic (exact) mass is 276 g/mol. The highest BCUT2D eigenvalue weighted by Crippen LogP contribution is 2.29. The molecule has 0 bridgehead atoms. The highest BCUT2D eigenvalue weighted by molar-refractivity contribution is 5.48. The number of rotatable bonds is 6. The molecule has 0 amide bonds. The van der Waals surface area contributed by atoms with E-state index in [0.717, 1.165) is 36.5 Å². The summed E-state index contributed by atoms with van der Waals surface area (Å²) in [5, 5.41) is 6.75. The van der Waals surface area contributed by atoms with Gasteiger partial charge in [-0.1, -0.05) is 40.0 Å². The fourth-order valence-electron chi connectivity index (χ4n) is 2.33. The zero-order valence-corrected chi connectivity index (χ0v) is 13.3. The Kier molecular flexibility index (Phi) is 4.84. The van der Waals surface area contributed by atoms with Crippen molar-refractivity contribution in [2.24, 2.45) is 5.92 Å². The van der Waals surface area contributed by atoms with E-state index >= 15 is 0 Å². The van der Waals surface area contributed by atoms with Gasteiger partial charge in [-0.25, -0.2) is 9.97 Å². The Morgan fingerprint density at radius 1 is 1.15 bits per heavy atom. The van der Waals surface area contributed by atoms with Crippen LogP contribution in [-0.4, -0.2) is 23.1 Å². The number of anilines is 2. The molecule has 2 rings (SSSR count). The van der Waals surface area contributed by atoms with E-state index in [2.05, 4.69) is 48.3 Å². The van der Waals surface area contributed by atoms with Crippen molar-refractivity contribution in [3.63, 3.8) is 0 Å². The molecule has 1 aliphatic rings. The molecule has 20 heavy (non-hydrogen) atoms. The van der Waals surface area contributed by atoms with Gasteiger partial charge in [0.15, 0.2) is 0 Å². The lowest BCUT2D eigenvalue weighted by atomic mass is 9.83. The van der Waals surface area contributed by atoms with Gasteiger partial charge in [-0.05, 0) is 19.3 Å². The van der Waals surface area contributed by atoms with Crippen LogP contribution in [-0.2, 0) is 5.41 Å². The van der Waals surface area contributed by atoms with E-state index in [1.165, 1.54) is 25.7 Å². The number of nitrogens with one attached hydrogen (secondary N) is 2. The van der Waals surface area contributed by atoms with Gasteiger partial charge in [0.1, 0.15) is 17.5 Å². The summed E-state index contributed by atoms with van der Waals surface area (Å²) in [6.45, 7) is 10.4. The summed E-state index contributed by atoms with van der Waals surface area (Å²) in [6.07, 6.45) is 5.48. The van der Waals surface area contributed by atoms with Gasteiger partial charge in [0.25, 0.3) is 0 Å². The average molecular weight is 276 g/mol. The zero-order valence-electron chi connectivity index (χ0n) is 13.3. The van der Waals surface area contributed by atoms with Crippen LogP contribution >= 0.6 is 0 Å². The first-order chi connectivity index (χ1) is 9.49. The van der Waals surface area contributed by atoms with E-state index in [9.17, 15) is 0 Å². The summed E-state index contributed by atoms with van der Waals surface area (Å²) in [5.74, 6) is 3.68. The van der Waals surface area contributed by atoms with Gasteiger partial charge < -0.3 is 10.6 Å². The van der Waals surface area contributed by atoms with Crippen molar-refractivity contribution < 1.29 is 0 Å².